The van der Waals surface area contributed by atoms with Crippen LogP contribution in [0.5, 0.6) is 5.75 Å². The number of halogens is 2. The number of carbonyl (C=O) groups is 2. The predicted molar refractivity (Wildman–Crippen MR) is 149 cm³/mol. The van der Waals surface area contributed by atoms with Crippen molar-refractivity contribution in [3.05, 3.63) is 82.3 Å². The molecule has 0 saturated carbocycles. The van der Waals surface area contributed by atoms with Crippen LogP contribution in [0.4, 0.5) is 10.5 Å². The summed E-state index contributed by atoms with van der Waals surface area (Å²) in [6.07, 6.45) is 1.39. The quantitative estimate of drug-likeness (QED) is 0.352. The molecule has 3 N–H and O–H groups in total. The van der Waals surface area contributed by atoms with Crippen molar-refractivity contribution in [2.45, 2.75) is 12.8 Å². The van der Waals surface area contributed by atoms with Crippen molar-refractivity contribution in [1.29, 1.82) is 0 Å². The van der Waals surface area contributed by atoms with Gasteiger partial charge in [0.1, 0.15) is 5.75 Å². The van der Waals surface area contributed by atoms with E-state index in [2.05, 4.69) is 15.1 Å². The zero-order valence-corrected chi connectivity index (χ0v) is 22.0. The zero-order valence-electron chi connectivity index (χ0n) is 20.5. The number of primary amides is 1. The third kappa shape index (κ3) is 7.38. The average molecular weight is 541 g/mol. The number of hydrogen-bond donors (Lipinski definition) is 2. The molecule has 4 rings (SSSR count). The summed E-state index contributed by atoms with van der Waals surface area (Å²) in [7, 11) is 0. The van der Waals surface area contributed by atoms with Gasteiger partial charge in [0, 0.05) is 38.3 Å². The van der Waals surface area contributed by atoms with Crippen molar-refractivity contribution < 1.29 is 14.3 Å². The minimum atomic E-state index is -0.467. The van der Waals surface area contributed by atoms with Crippen LogP contribution >= 0.6 is 23.2 Å². The van der Waals surface area contributed by atoms with E-state index >= 15 is 0 Å². The van der Waals surface area contributed by atoms with Crippen LogP contribution in [0.25, 0.3) is 11.1 Å². The van der Waals surface area contributed by atoms with E-state index in [0.29, 0.717) is 27.9 Å². The highest BCUT2D eigenvalue weighted by Crippen LogP contribution is 2.32. The first-order chi connectivity index (χ1) is 17.9. The van der Waals surface area contributed by atoms with Crippen molar-refractivity contribution >= 4 is 40.9 Å². The lowest BCUT2D eigenvalue weighted by molar-refractivity contribution is 0.1000. The van der Waals surface area contributed by atoms with Crippen LogP contribution in [0.1, 0.15) is 23.2 Å². The summed E-state index contributed by atoms with van der Waals surface area (Å²) >= 11 is 12.5. The third-order valence-electron chi connectivity index (χ3n) is 6.38. The average Bonchev–Trinajstić information content (AvgIpc) is 2.91. The fourth-order valence-electron chi connectivity index (χ4n) is 4.29. The standard InChI is InChI=1S/C28H30Cl2N4O3/c29-24-4-3-5-25(26(24)30)34-18-16-33(17-19-34)15-2-1-14-32-28(36)37-23-12-10-21(11-13-23)20-6-8-22(9-7-20)27(31)35/h3-13H,1-2,14-19H2,(H2,31,35)(H,32,36). The fourth-order valence-corrected chi connectivity index (χ4v) is 4.70. The van der Waals surface area contributed by atoms with E-state index in [4.69, 9.17) is 33.7 Å². The molecule has 3 aromatic rings. The number of benzene rings is 3. The summed E-state index contributed by atoms with van der Waals surface area (Å²) in [5.41, 5.74) is 8.62. The minimum Gasteiger partial charge on any atom is -0.410 e. The fraction of sp³-hybridized carbons (Fsp3) is 0.286. The van der Waals surface area contributed by atoms with Gasteiger partial charge in [-0.25, -0.2) is 4.79 Å². The van der Waals surface area contributed by atoms with Crippen molar-refractivity contribution in [1.82, 2.24) is 10.2 Å². The molecule has 3 aromatic carbocycles. The SMILES string of the molecule is NC(=O)c1ccc(-c2ccc(OC(=O)NCCCCN3CCN(c4cccc(Cl)c4Cl)CC3)cc2)cc1. The van der Waals surface area contributed by atoms with Crippen molar-refractivity contribution in [2.24, 2.45) is 5.73 Å². The number of hydrogen-bond acceptors (Lipinski definition) is 5. The number of rotatable bonds is 9. The predicted octanol–water partition coefficient (Wildman–Crippen LogP) is 5.45. The Kier molecular flexibility index (Phi) is 9.28. The van der Waals surface area contributed by atoms with Gasteiger partial charge in [-0.15, -0.1) is 0 Å². The lowest BCUT2D eigenvalue weighted by Gasteiger charge is -2.36. The molecule has 1 aliphatic heterocycles. The second-order valence-electron chi connectivity index (χ2n) is 8.89. The molecule has 37 heavy (non-hydrogen) atoms. The molecule has 1 heterocycles. The van der Waals surface area contributed by atoms with Gasteiger partial charge in [0.05, 0.1) is 15.7 Å². The summed E-state index contributed by atoms with van der Waals surface area (Å²) in [5, 5.41) is 4.01. The molecule has 9 heteroatoms. The van der Waals surface area contributed by atoms with E-state index in [1.807, 2.05) is 36.4 Å². The maximum Gasteiger partial charge on any atom is 0.412 e. The molecule has 1 fully saturated rings. The Bertz CT molecular complexity index is 1210. The molecule has 0 aromatic heterocycles. The lowest BCUT2D eigenvalue weighted by Crippen LogP contribution is -2.46. The van der Waals surface area contributed by atoms with Gasteiger partial charge in [0.15, 0.2) is 0 Å². The molecule has 194 valence electrons. The molecule has 1 saturated heterocycles. The van der Waals surface area contributed by atoms with Crippen LogP contribution in [0, 0.1) is 0 Å². The Balaban J connectivity index is 1.12. The Hall–Kier alpha value is -3.26. The maximum atomic E-state index is 12.1. The monoisotopic (exact) mass is 540 g/mol. The zero-order chi connectivity index (χ0) is 26.2. The second kappa shape index (κ2) is 12.8. The van der Waals surface area contributed by atoms with E-state index < -0.39 is 12.0 Å². The third-order valence-corrected chi connectivity index (χ3v) is 7.19. The van der Waals surface area contributed by atoms with Crippen molar-refractivity contribution in [3.8, 4) is 16.9 Å². The Morgan fingerprint density at radius 1 is 0.865 bits per heavy atom. The number of nitrogens with two attached hydrogens (primary N) is 1. The minimum absolute atomic E-state index is 0.458. The number of nitrogens with one attached hydrogen (secondary N) is 1. The Morgan fingerprint density at radius 2 is 1.51 bits per heavy atom. The van der Waals surface area contributed by atoms with Crippen LogP contribution < -0.4 is 20.7 Å². The number of unbranched alkanes of at least 4 members (excludes halogenated alkanes) is 1. The highest BCUT2D eigenvalue weighted by atomic mass is 35.5. The molecule has 1 aliphatic rings. The number of piperazine rings is 1. The lowest BCUT2D eigenvalue weighted by atomic mass is 10.0. The Morgan fingerprint density at radius 3 is 2.16 bits per heavy atom. The van der Waals surface area contributed by atoms with Gasteiger partial charge in [-0.3, -0.25) is 9.69 Å². The van der Waals surface area contributed by atoms with Gasteiger partial charge in [0.2, 0.25) is 5.91 Å². The van der Waals surface area contributed by atoms with Crippen LogP contribution in [0.15, 0.2) is 66.7 Å². The number of ether oxygens (including phenoxy) is 1. The number of nitrogens with zero attached hydrogens (tertiary/aromatic N) is 2. The maximum absolute atomic E-state index is 12.1. The smallest absolute Gasteiger partial charge is 0.410 e. The van der Waals surface area contributed by atoms with Crippen LogP contribution in [0.3, 0.4) is 0 Å². The first kappa shape index (κ1) is 26.8. The molecular formula is C28H30Cl2N4O3. The molecule has 0 unspecified atom stereocenters. The first-order valence-electron chi connectivity index (χ1n) is 12.3. The number of anilines is 1. The van der Waals surface area contributed by atoms with Crippen molar-refractivity contribution in [3.63, 3.8) is 0 Å². The summed E-state index contributed by atoms with van der Waals surface area (Å²) < 4.78 is 5.38. The van der Waals surface area contributed by atoms with Gasteiger partial charge in [-0.2, -0.15) is 0 Å². The van der Waals surface area contributed by atoms with Crippen LogP contribution in [0.2, 0.25) is 10.0 Å². The highest BCUT2D eigenvalue weighted by Gasteiger charge is 2.19. The summed E-state index contributed by atoms with van der Waals surface area (Å²) in [6, 6.07) is 20.0. The van der Waals surface area contributed by atoms with Crippen LogP contribution in [-0.2, 0) is 0 Å². The van der Waals surface area contributed by atoms with E-state index in [1.165, 1.54) is 0 Å². The first-order valence-corrected chi connectivity index (χ1v) is 13.0. The largest absolute Gasteiger partial charge is 0.412 e. The van der Waals surface area contributed by atoms with E-state index in [1.54, 1.807) is 30.3 Å². The van der Waals surface area contributed by atoms with Crippen molar-refractivity contribution in [2.75, 3.05) is 44.2 Å². The number of amides is 2. The molecule has 0 bridgehead atoms. The number of carbonyl (C=O) groups excluding carboxylic acids is 2. The van der Waals surface area contributed by atoms with Gasteiger partial charge in [-0.05, 0) is 66.9 Å². The summed E-state index contributed by atoms with van der Waals surface area (Å²) in [4.78, 5) is 28.1. The molecule has 0 spiro atoms. The normalized spacial score (nSPS) is 13.8. The molecule has 0 radical (unpaired) electrons. The van der Waals surface area contributed by atoms with Gasteiger partial charge < -0.3 is 20.7 Å². The van der Waals surface area contributed by atoms with Gasteiger partial charge in [0.25, 0.3) is 0 Å². The van der Waals surface area contributed by atoms with Gasteiger partial charge in [-0.1, -0.05) is 53.5 Å². The highest BCUT2D eigenvalue weighted by molar-refractivity contribution is 6.43. The second-order valence-corrected chi connectivity index (χ2v) is 9.68. The topological polar surface area (TPSA) is 87.9 Å². The molecular weight excluding hydrogens is 511 g/mol. The van der Waals surface area contributed by atoms with Gasteiger partial charge >= 0.3 is 6.09 Å². The van der Waals surface area contributed by atoms with Crippen LogP contribution in [-0.4, -0.2) is 56.2 Å². The summed E-state index contributed by atoms with van der Waals surface area (Å²) in [6.45, 7) is 5.27. The molecule has 7 nitrogen and oxygen atoms in total. The Labute approximate surface area is 227 Å². The molecule has 0 aliphatic carbocycles. The molecule has 0 atom stereocenters. The van der Waals surface area contributed by atoms with E-state index in [0.717, 1.165) is 62.4 Å². The molecule has 2 amide bonds. The summed E-state index contributed by atoms with van der Waals surface area (Å²) in [5.74, 6) is 0.00696. The van der Waals surface area contributed by atoms with E-state index in [9.17, 15) is 9.59 Å². The van der Waals surface area contributed by atoms with E-state index in [-0.39, 0.29) is 0 Å².